The van der Waals surface area contributed by atoms with E-state index in [4.69, 9.17) is 4.42 Å². The first-order chi connectivity index (χ1) is 32.3. The van der Waals surface area contributed by atoms with E-state index in [1.54, 1.807) is 0 Å². The summed E-state index contributed by atoms with van der Waals surface area (Å²) in [5.74, 6) is 0.282. The summed E-state index contributed by atoms with van der Waals surface area (Å²) < 4.78 is 7.57. The molecular formula is C63H63BN2OS. The second-order valence-electron chi connectivity index (χ2n) is 23.0. The van der Waals surface area contributed by atoms with E-state index in [0.717, 1.165) is 22.1 Å². The van der Waals surface area contributed by atoms with Gasteiger partial charge >= 0.3 is 0 Å². The standard InChI is InChI=1S/C63H63BN2OS/c1-37(2)42-32-53-58-54(33-42)66(59-38(3)29-45(30-39(59)4)63(11,12)13)60-57(48-35-44(62(8,9)10)25-28-56(48)68-60)64(58)50-26-23-41(49-36-67-55-22-18-17-21-46(49)55)31-52(50)65(53)51-27-24-43(61(5,6)7)34-47(51)40-19-15-14-16-20-40/h14-37H,1-13H3. The zero-order valence-electron chi connectivity index (χ0n) is 42.1. The van der Waals surface area contributed by atoms with E-state index in [2.05, 4.69) is 233 Å². The third-order valence-electron chi connectivity index (χ3n) is 14.8. The molecule has 0 amide bonds. The van der Waals surface area contributed by atoms with Gasteiger partial charge in [0.2, 0.25) is 0 Å². The van der Waals surface area contributed by atoms with E-state index in [1.165, 1.54) is 104 Å². The Bertz CT molecular complexity index is 3450. The van der Waals surface area contributed by atoms with Gasteiger partial charge in [-0.2, -0.15) is 0 Å². The van der Waals surface area contributed by atoms with E-state index >= 15 is 0 Å². The Labute approximate surface area is 408 Å². The van der Waals surface area contributed by atoms with Crippen LogP contribution in [-0.4, -0.2) is 6.71 Å². The van der Waals surface area contributed by atoms with Crippen molar-refractivity contribution in [3.63, 3.8) is 0 Å². The highest BCUT2D eigenvalue weighted by atomic mass is 32.1. The van der Waals surface area contributed by atoms with Crippen molar-refractivity contribution in [3.8, 4) is 22.3 Å². The molecule has 5 heteroatoms. The Hall–Kier alpha value is -6.30. The molecule has 0 spiro atoms. The van der Waals surface area contributed by atoms with Crippen LogP contribution in [0.3, 0.4) is 0 Å². The van der Waals surface area contributed by atoms with Gasteiger partial charge in [-0.05, 0) is 145 Å². The molecule has 0 aliphatic carbocycles. The zero-order valence-corrected chi connectivity index (χ0v) is 43.0. The summed E-state index contributed by atoms with van der Waals surface area (Å²) >= 11 is 1.95. The van der Waals surface area contributed by atoms with Gasteiger partial charge in [0, 0.05) is 38.3 Å². The van der Waals surface area contributed by atoms with E-state index in [9.17, 15) is 0 Å². The molecule has 0 N–H and O–H groups in total. The summed E-state index contributed by atoms with van der Waals surface area (Å²) in [6.07, 6.45) is 1.95. The smallest absolute Gasteiger partial charge is 0.254 e. The Morgan fingerprint density at radius 1 is 0.515 bits per heavy atom. The SMILES string of the molecule is Cc1cc(C(C)(C)C)cc(C)c1N1c2cc(C(C)C)cc3c2B(c2ccc(-c4coc5ccccc45)cc2N3c2ccc(C(C)(C)C)cc2-c2ccccc2)c2c1sc1ccc(C(C)(C)C)cc21. The fourth-order valence-corrected chi connectivity index (χ4v) is 12.2. The number of anilines is 6. The molecule has 9 aromatic rings. The van der Waals surface area contributed by atoms with E-state index in [1.807, 2.05) is 17.6 Å². The van der Waals surface area contributed by atoms with Crippen molar-refractivity contribution >= 4 is 88.9 Å². The lowest BCUT2D eigenvalue weighted by molar-refractivity contribution is 0.589. The van der Waals surface area contributed by atoms with Crippen LogP contribution in [0.15, 0.2) is 144 Å². The minimum absolute atomic E-state index is 0.0147. The van der Waals surface area contributed by atoms with Gasteiger partial charge in [-0.15, -0.1) is 11.3 Å². The minimum atomic E-state index is -0.0414. The molecule has 68 heavy (non-hydrogen) atoms. The highest BCUT2D eigenvalue weighted by Gasteiger charge is 2.47. The van der Waals surface area contributed by atoms with Crippen LogP contribution in [0.2, 0.25) is 0 Å². The van der Waals surface area contributed by atoms with Gasteiger partial charge in [0.1, 0.15) is 5.58 Å². The topological polar surface area (TPSA) is 19.6 Å². The molecule has 2 aromatic heterocycles. The van der Waals surface area contributed by atoms with Crippen molar-refractivity contribution in [2.24, 2.45) is 0 Å². The summed E-state index contributed by atoms with van der Waals surface area (Å²) in [6, 6.07) is 51.2. The maximum atomic E-state index is 6.25. The van der Waals surface area contributed by atoms with Crippen LogP contribution >= 0.6 is 11.3 Å². The molecule has 0 saturated carbocycles. The second kappa shape index (κ2) is 15.6. The van der Waals surface area contributed by atoms with E-state index in [-0.39, 0.29) is 28.9 Å². The predicted molar refractivity (Wildman–Crippen MR) is 296 cm³/mol. The lowest BCUT2D eigenvalue weighted by Crippen LogP contribution is -2.61. The van der Waals surface area contributed by atoms with Gasteiger partial charge in [0.15, 0.2) is 0 Å². The molecule has 0 radical (unpaired) electrons. The highest BCUT2D eigenvalue weighted by molar-refractivity contribution is 7.26. The second-order valence-corrected chi connectivity index (χ2v) is 24.0. The molecule has 0 fully saturated rings. The third-order valence-corrected chi connectivity index (χ3v) is 16.0. The van der Waals surface area contributed by atoms with Crippen LogP contribution in [0.25, 0.3) is 43.3 Å². The number of hydrogen-bond donors (Lipinski definition) is 0. The number of rotatable bonds is 5. The summed E-state index contributed by atoms with van der Waals surface area (Å²) in [5.41, 5.74) is 23.7. The number of nitrogens with zero attached hydrogens (tertiary/aromatic N) is 2. The molecular weight excluding hydrogens is 844 g/mol. The zero-order chi connectivity index (χ0) is 47.8. The van der Waals surface area contributed by atoms with Crippen LogP contribution < -0.4 is 26.2 Å². The van der Waals surface area contributed by atoms with Gasteiger partial charge in [0.25, 0.3) is 6.71 Å². The van der Waals surface area contributed by atoms with Crippen molar-refractivity contribution in [1.29, 1.82) is 0 Å². The minimum Gasteiger partial charge on any atom is -0.464 e. The van der Waals surface area contributed by atoms with E-state index in [0.29, 0.717) is 0 Å². The van der Waals surface area contributed by atoms with Crippen LogP contribution in [0, 0.1) is 13.8 Å². The van der Waals surface area contributed by atoms with Gasteiger partial charge < -0.3 is 14.2 Å². The first kappa shape index (κ1) is 44.2. The number of furan rings is 1. The number of para-hydroxylation sites is 1. The molecule has 0 bridgehead atoms. The molecule has 2 aliphatic heterocycles. The van der Waals surface area contributed by atoms with Crippen LogP contribution in [0.4, 0.5) is 33.4 Å². The van der Waals surface area contributed by atoms with Gasteiger partial charge in [0.05, 0.1) is 22.6 Å². The maximum Gasteiger partial charge on any atom is 0.254 e. The van der Waals surface area contributed by atoms with Crippen LogP contribution in [0.1, 0.15) is 115 Å². The number of thiophene rings is 1. The fraction of sp³-hybridized carbons (Fsp3) is 0.270. The molecule has 7 aromatic carbocycles. The first-order valence-corrected chi connectivity index (χ1v) is 25.4. The van der Waals surface area contributed by atoms with Gasteiger partial charge in [-0.3, -0.25) is 0 Å². The molecule has 4 heterocycles. The van der Waals surface area contributed by atoms with Gasteiger partial charge in [-0.1, -0.05) is 167 Å². The largest absolute Gasteiger partial charge is 0.464 e. The monoisotopic (exact) mass is 906 g/mol. The van der Waals surface area contributed by atoms with Crippen molar-refractivity contribution < 1.29 is 4.42 Å². The number of fused-ring (bicyclic) bond motifs is 7. The fourth-order valence-electron chi connectivity index (χ4n) is 11.0. The summed E-state index contributed by atoms with van der Waals surface area (Å²) in [4.78, 5) is 5.32. The van der Waals surface area contributed by atoms with Crippen molar-refractivity contribution in [2.75, 3.05) is 9.80 Å². The Morgan fingerprint density at radius 3 is 1.82 bits per heavy atom. The normalized spacial score (nSPS) is 13.7. The molecule has 0 saturated heterocycles. The Balaban J connectivity index is 1.30. The number of hydrogen-bond acceptors (Lipinski definition) is 4. The predicted octanol–water partition coefficient (Wildman–Crippen LogP) is 16.7. The molecule has 11 rings (SSSR count). The Kier molecular flexibility index (Phi) is 10.2. The summed E-state index contributed by atoms with van der Waals surface area (Å²) in [5, 5.41) is 3.78. The van der Waals surface area contributed by atoms with Crippen molar-refractivity contribution in [1.82, 2.24) is 0 Å². The van der Waals surface area contributed by atoms with Crippen LogP contribution in [0.5, 0.6) is 0 Å². The molecule has 340 valence electrons. The number of aryl methyl sites for hydroxylation is 2. The average Bonchev–Trinajstić information content (AvgIpc) is 3.90. The lowest BCUT2D eigenvalue weighted by atomic mass is 9.33. The molecule has 0 atom stereocenters. The van der Waals surface area contributed by atoms with Crippen molar-refractivity contribution in [3.05, 3.63) is 173 Å². The van der Waals surface area contributed by atoms with Crippen LogP contribution in [-0.2, 0) is 16.2 Å². The first-order valence-electron chi connectivity index (χ1n) is 24.5. The molecule has 3 nitrogen and oxygen atoms in total. The third kappa shape index (κ3) is 7.06. The summed E-state index contributed by atoms with van der Waals surface area (Å²) in [7, 11) is 0. The van der Waals surface area contributed by atoms with Crippen molar-refractivity contribution in [2.45, 2.75) is 112 Å². The van der Waals surface area contributed by atoms with Gasteiger partial charge in [-0.25, -0.2) is 0 Å². The summed E-state index contributed by atoms with van der Waals surface area (Å²) in [6.45, 7) is 30.3. The number of benzene rings is 7. The molecule has 0 unspecified atom stereocenters. The highest BCUT2D eigenvalue weighted by Crippen LogP contribution is 2.52. The maximum absolute atomic E-state index is 6.25. The molecule has 2 aliphatic rings. The Morgan fingerprint density at radius 2 is 1.15 bits per heavy atom. The van der Waals surface area contributed by atoms with E-state index < -0.39 is 0 Å². The average molecular weight is 907 g/mol. The quantitative estimate of drug-likeness (QED) is 0.160. The lowest BCUT2D eigenvalue weighted by Gasteiger charge is -2.45.